The van der Waals surface area contributed by atoms with Crippen molar-refractivity contribution in [2.24, 2.45) is 0 Å². The third-order valence-electron chi connectivity index (χ3n) is 7.79. The number of nitrogen functional groups attached to an aromatic ring is 1. The van der Waals surface area contributed by atoms with Gasteiger partial charge in [-0.1, -0.05) is 18.2 Å². The first-order chi connectivity index (χ1) is 21.4. The van der Waals surface area contributed by atoms with E-state index in [1.807, 2.05) is 18.2 Å². The van der Waals surface area contributed by atoms with Crippen LogP contribution >= 0.6 is 0 Å². The van der Waals surface area contributed by atoms with E-state index in [0.717, 1.165) is 23.1 Å². The number of H-pyrrole nitrogens is 1. The Morgan fingerprint density at radius 1 is 1.05 bits per heavy atom. The van der Waals surface area contributed by atoms with E-state index in [4.69, 9.17) is 10.5 Å². The number of fused-ring (bicyclic) bond motifs is 2. The first kappa shape index (κ1) is 26.9. The number of aryl methyl sites for hydroxylation is 1. The standard InChI is InChI=1S/C29H24N10O5/c30-23-24(26(41)25(23)40)39-7-8-44-22-6-1-14(9-21(22)39)12-31-28(42)19-11-20(33-13-32-19)29(43)34-18-5-3-15-10-16(2-4-17(15)18)27-35-37-38-36-27/h1-2,4,6,9-11,13,18H,3,5,7-8,12,30H2,(H,31,42)(H,34,43)(H,35,36,37,38)/t18-/m0/s1. The van der Waals surface area contributed by atoms with Gasteiger partial charge in [-0.3, -0.25) is 19.2 Å². The summed E-state index contributed by atoms with van der Waals surface area (Å²) in [5, 5.41) is 19.9. The molecule has 0 radical (unpaired) electrons. The van der Waals surface area contributed by atoms with E-state index in [9.17, 15) is 19.2 Å². The number of anilines is 3. The SMILES string of the molecule is Nc1c(N2CCOc3ccc(CNC(=O)c4cc(C(=O)N[C@H]5CCc6cc(-c7nn[nH]n7)ccc65)ncn4)cc32)c(=O)c1=O. The molecule has 220 valence electrons. The van der Waals surface area contributed by atoms with Gasteiger partial charge in [-0.05, 0) is 52.9 Å². The maximum absolute atomic E-state index is 13.1. The Morgan fingerprint density at radius 2 is 1.89 bits per heavy atom. The van der Waals surface area contributed by atoms with Crippen LogP contribution < -0.4 is 36.9 Å². The van der Waals surface area contributed by atoms with Gasteiger partial charge in [0.1, 0.15) is 41.4 Å². The Labute approximate surface area is 248 Å². The molecule has 0 bridgehead atoms. The number of ether oxygens (including phenoxy) is 1. The molecular weight excluding hydrogens is 568 g/mol. The highest BCUT2D eigenvalue weighted by atomic mass is 16.5. The van der Waals surface area contributed by atoms with Gasteiger partial charge in [-0.15, -0.1) is 10.2 Å². The molecule has 2 amide bonds. The van der Waals surface area contributed by atoms with Crippen LogP contribution in [0.15, 0.2) is 58.4 Å². The molecule has 5 N–H and O–H groups in total. The normalized spacial score (nSPS) is 15.4. The van der Waals surface area contributed by atoms with Crippen LogP contribution in [0.1, 0.15) is 50.1 Å². The van der Waals surface area contributed by atoms with Crippen molar-refractivity contribution in [3.8, 4) is 17.1 Å². The second-order valence-corrected chi connectivity index (χ2v) is 10.4. The summed E-state index contributed by atoms with van der Waals surface area (Å²) in [7, 11) is 0. The number of aromatic nitrogens is 6. The number of nitrogens with zero attached hydrogens (tertiary/aromatic N) is 6. The number of amides is 2. The molecule has 0 saturated carbocycles. The van der Waals surface area contributed by atoms with Crippen LogP contribution in [0, 0.1) is 0 Å². The van der Waals surface area contributed by atoms with Crippen molar-refractivity contribution in [3.63, 3.8) is 0 Å². The molecular formula is C29H24N10O5. The van der Waals surface area contributed by atoms with Crippen LogP contribution in [0.3, 0.4) is 0 Å². The topological polar surface area (TPSA) is 211 Å². The molecule has 3 aromatic carbocycles. The summed E-state index contributed by atoms with van der Waals surface area (Å²) in [4.78, 5) is 59.7. The highest BCUT2D eigenvalue weighted by Crippen LogP contribution is 2.38. The quantitative estimate of drug-likeness (QED) is 0.193. The molecule has 0 spiro atoms. The van der Waals surface area contributed by atoms with Crippen molar-refractivity contribution in [1.82, 2.24) is 41.2 Å². The Bertz CT molecular complexity index is 2000. The van der Waals surface area contributed by atoms with E-state index in [1.165, 1.54) is 12.4 Å². The molecule has 15 nitrogen and oxygen atoms in total. The number of nitrogens with two attached hydrogens (primary N) is 1. The van der Waals surface area contributed by atoms with E-state index < -0.39 is 22.7 Å². The van der Waals surface area contributed by atoms with Crippen LogP contribution in [-0.2, 0) is 13.0 Å². The highest BCUT2D eigenvalue weighted by molar-refractivity contribution is 5.97. The van der Waals surface area contributed by atoms with Gasteiger partial charge in [0.05, 0.1) is 18.3 Å². The second-order valence-electron chi connectivity index (χ2n) is 10.4. The molecule has 15 heteroatoms. The molecule has 44 heavy (non-hydrogen) atoms. The molecule has 0 unspecified atom stereocenters. The Hall–Kier alpha value is -5.99. The fourth-order valence-electron chi connectivity index (χ4n) is 5.57. The van der Waals surface area contributed by atoms with Crippen LogP contribution in [0.4, 0.5) is 17.1 Å². The van der Waals surface area contributed by atoms with Gasteiger partial charge in [0.25, 0.3) is 22.7 Å². The van der Waals surface area contributed by atoms with Gasteiger partial charge >= 0.3 is 0 Å². The molecule has 0 saturated heterocycles. The lowest BCUT2D eigenvalue weighted by Crippen LogP contribution is -2.43. The van der Waals surface area contributed by atoms with Gasteiger partial charge < -0.3 is 26.0 Å². The number of benzene rings is 2. The maximum Gasteiger partial charge on any atom is 0.270 e. The van der Waals surface area contributed by atoms with Crippen molar-refractivity contribution < 1.29 is 14.3 Å². The van der Waals surface area contributed by atoms with Crippen LogP contribution in [0.25, 0.3) is 11.4 Å². The first-order valence-corrected chi connectivity index (χ1v) is 13.8. The highest BCUT2D eigenvalue weighted by Gasteiger charge is 2.29. The lowest BCUT2D eigenvalue weighted by molar-refractivity contribution is 0.0931. The predicted molar refractivity (Wildman–Crippen MR) is 156 cm³/mol. The number of hydrogen-bond acceptors (Lipinski definition) is 12. The van der Waals surface area contributed by atoms with Gasteiger partial charge in [-0.25, -0.2) is 9.97 Å². The number of rotatable bonds is 7. The molecule has 2 aliphatic rings. The number of hydrogen-bond donors (Lipinski definition) is 4. The Kier molecular flexibility index (Phi) is 6.53. The summed E-state index contributed by atoms with van der Waals surface area (Å²) in [6.45, 7) is 0.787. The van der Waals surface area contributed by atoms with Crippen molar-refractivity contribution in [2.45, 2.75) is 25.4 Å². The predicted octanol–water partition coefficient (Wildman–Crippen LogP) is 0.713. The summed E-state index contributed by atoms with van der Waals surface area (Å²) in [6, 6.07) is 12.2. The lowest BCUT2D eigenvalue weighted by atomic mass is 10.0. The summed E-state index contributed by atoms with van der Waals surface area (Å²) in [5.41, 5.74) is 8.84. The van der Waals surface area contributed by atoms with E-state index in [1.54, 1.807) is 23.1 Å². The Balaban J connectivity index is 1.01. The maximum atomic E-state index is 13.1. The zero-order valence-electron chi connectivity index (χ0n) is 23.0. The first-order valence-electron chi connectivity index (χ1n) is 13.8. The number of aromatic amines is 1. The molecule has 3 heterocycles. The fourth-order valence-corrected chi connectivity index (χ4v) is 5.57. The average Bonchev–Trinajstić information content (AvgIpc) is 3.74. The van der Waals surface area contributed by atoms with E-state index in [-0.39, 0.29) is 35.3 Å². The molecule has 0 fully saturated rings. The largest absolute Gasteiger partial charge is 0.490 e. The molecule has 2 aromatic heterocycles. The van der Waals surface area contributed by atoms with Gasteiger partial charge in [0.15, 0.2) is 0 Å². The summed E-state index contributed by atoms with van der Waals surface area (Å²) < 4.78 is 5.69. The van der Waals surface area contributed by atoms with Crippen LogP contribution in [0.2, 0.25) is 0 Å². The number of tetrazole rings is 1. The summed E-state index contributed by atoms with van der Waals surface area (Å²) in [6.07, 6.45) is 2.66. The lowest BCUT2D eigenvalue weighted by Gasteiger charge is -2.32. The monoisotopic (exact) mass is 592 g/mol. The Morgan fingerprint density at radius 3 is 2.68 bits per heavy atom. The van der Waals surface area contributed by atoms with E-state index in [2.05, 4.69) is 41.2 Å². The second kappa shape index (κ2) is 10.7. The van der Waals surface area contributed by atoms with E-state index >= 15 is 0 Å². The molecule has 5 aromatic rings. The number of nitrogens with one attached hydrogen (secondary N) is 3. The smallest absolute Gasteiger partial charge is 0.270 e. The van der Waals surface area contributed by atoms with Crippen LogP contribution in [-0.4, -0.2) is 55.6 Å². The minimum Gasteiger partial charge on any atom is -0.490 e. The third kappa shape index (κ3) is 4.69. The zero-order valence-corrected chi connectivity index (χ0v) is 23.0. The number of carbonyl (C=O) groups is 2. The van der Waals surface area contributed by atoms with E-state index in [0.29, 0.717) is 42.4 Å². The molecule has 1 aliphatic carbocycles. The molecule has 1 aliphatic heterocycles. The molecule has 1 atom stereocenters. The van der Waals surface area contributed by atoms with Crippen molar-refractivity contribution in [1.29, 1.82) is 0 Å². The third-order valence-corrected chi connectivity index (χ3v) is 7.79. The van der Waals surface area contributed by atoms with Gasteiger partial charge in [0.2, 0.25) is 5.82 Å². The van der Waals surface area contributed by atoms with Crippen molar-refractivity contribution >= 4 is 28.9 Å². The average molecular weight is 593 g/mol. The molecule has 7 rings (SSSR count). The zero-order chi connectivity index (χ0) is 30.4. The fraction of sp³-hybridized carbons (Fsp3) is 0.207. The van der Waals surface area contributed by atoms with Gasteiger partial charge in [0, 0.05) is 18.2 Å². The minimum absolute atomic E-state index is 0.0288. The van der Waals surface area contributed by atoms with Crippen molar-refractivity contribution in [2.75, 3.05) is 23.8 Å². The van der Waals surface area contributed by atoms with Gasteiger partial charge in [-0.2, -0.15) is 5.21 Å². The van der Waals surface area contributed by atoms with Crippen molar-refractivity contribution in [3.05, 3.63) is 97.3 Å². The minimum atomic E-state index is -0.696. The summed E-state index contributed by atoms with van der Waals surface area (Å²) >= 11 is 0. The summed E-state index contributed by atoms with van der Waals surface area (Å²) in [5.74, 6) is 0.107. The number of carbonyl (C=O) groups excluding carboxylic acids is 2. The van der Waals surface area contributed by atoms with Crippen LogP contribution in [0.5, 0.6) is 5.75 Å².